The molecule has 1 saturated heterocycles. The smallest absolute Gasteiger partial charge is 0.207 e. The third-order valence-electron chi connectivity index (χ3n) is 2.80. The summed E-state index contributed by atoms with van der Waals surface area (Å²) in [5, 5.41) is 9.13. The summed E-state index contributed by atoms with van der Waals surface area (Å²) in [7, 11) is -3.46. The minimum atomic E-state index is -3.46. The molecule has 0 spiro atoms. The van der Waals surface area contributed by atoms with Gasteiger partial charge in [0.15, 0.2) is 0 Å². The van der Waals surface area contributed by atoms with Crippen LogP contribution in [0.15, 0.2) is 29.2 Å². The standard InChI is InChI=1S/C12H14N2O2S2/c1-10-9-14(5-6-17-10)18(15,16)12-4-2-3-11(7-12)8-13/h2-4,7,10H,5-6,9H2,1H3. The van der Waals surface area contributed by atoms with Crippen LogP contribution < -0.4 is 0 Å². The molecule has 1 heterocycles. The molecule has 1 atom stereocenters. The highest BCUT2D eigenvalue weighted by molar-refractivity contribution is 8.00. The number of thioether (sulfide) groups is 1. The van der Waals surface area contributed by atoms with Crippen molar-refractivity contribution in [3.05, 3.63) is 29.8 Å². The number of nitriles is 1. The summed E-state index contributed by atoms with van der Waals surface area (Å²) in [6, 6.07) is 8.15. The fraction of sp³-hybridized carbons (Fsp3) is 0.417. The van der Waals surface area contributed by atoms with E-state index in [0.717, 1.165) is 5.75 Å². The number of nitrogens with zero attached hydrogens (tertiary/aromatic N) is 2. The summed E-state index contributed by atoms with van der Waals surface area (Å²) in [6.07, 6.45) is 0. The molecule has 0 bridgehead atoms. The number of benzene rings is 1. The molecule has 6 heteroatoms. The molecule has 0 amide bonds. The van der Waals surface area contributed by atoms with Crippen LogP contribution in [0.1, 0.15) is 12.5 Å². The highest BCUT2D eigenvalue weighted by Gasteiger charge is 2.28. The molecule has 1 aliphatic heterocycles. The summed E-state index contributed by atoms with van der Waals surface area (Å²) < 4.78 is 26.3. The van der Waals surface area contributed by atoms with Crippen molar-refractivity contribution in [3.8, 4) is 6.07 Å². The molecule has 0 saturated carbocycles. The number of rotatable bonds is 2. The second kappa shape index (κ2) is 5.31. The first-order valence-electron chi connectivity index (χ1n) is 5.66. The molecule has 1 aliphatic rings. The molecule has 4 nitrogen and oxygen atoms in total. The Morgan fingerprint density at radius 2 is 2.28 bits per heavy atom. The lowest BCUT2D eigenvalue weighted by molar-refractivity contribution is 0.424. The Morgan fingerprint density at radius 3 is 2.94 bits per heavy atom. The van der Waals surface area contributed by atoms with Gasteiger partial charge in [-0.15, -0.1) is 0 Å². The number of hydrogen-bond donors (Lipinski definition) is 0. The monoisotopic (exact) mass is 282 g/mol. The van der Waals surface area contributed by atoms with Gasteiger partial charge >= 0.3 is 0 Å². The highest BCUT2D eigenvalue weighted by Crippen LogP contribution is 2.24. The van der Waals surface area contributed by atoms with Gasteiger partial charge < -0.3 is 0 Å². The van der Waals surface area contributed by atoms with E-state index in [4.69, 9.17) is 5.26 Å². The Kier molecular flexibility index (Phi) is 3.95. The Morgan fingerprint density at radius 1 is 1.50 bits per heavy atom. The summed E-state index contributed by atoms with van der Waals surface area (Å²) in [4.78, 5) is 0.209. The highest BCUT2D eigenvalue weighted by atomic mass is 32.2. The van der Waals surface area contributed by atoms with Crippen LogP contribution in [0, 0.1) is 11.3 Å². The van der Waals surface area contributed by atoms with Crippen molar-refractivity contribution in [1.29, 1.82) is 5.26 Å². The molecule has 96 valence electrons. The molecule has 0 aromatic heterocycles. The van der Waals surface area contributed by atoms with E-state index in [1.54, 1.807) is 30.0 Å². The topological polar surface area (TPSA) is 61.2 Å². The van der Waals surface area contributed by atoms with Crippen molar-refractivity contribution in [2.45, 2.75) is 17.1 Å². The van der Waals surface area contributed by atoms with Crippen LogP contribution in [-0.4, -0.2) is 36.8 Å². The van der Waals surface area contributed by atoms with Gasteiger partial charge in [-0.05, 0) is 18.2 Å². The summed E-state index contributed by atoms with van der Waals surface area (Å²) in [5.74, 6) is 0.818. The lowest BCUT2D eigenvalue weighted by Gasteiger charge is -2.29. The van der Waals surface area contributed by atoms with Gasteiger partial charge in [0.25, 0.3) is 0 Å². The molecule has 18 heavy (non-hydrogen) atoms. The van der Waals surface area contributed by atoms with Gasteiger partial charge in [-0.3, -0.25) is 0 Å². The van der Waals surface area contributed by atoms with E-state index in [-0.39, 0.29) is 4.90 Å². The molecular formula is C12H14N2O2S2. The third-order valence-corrected chi connectivity index (χ3v) is 5.80. The van der Waals surface area contributed by atoms with Gasteiger partial charge in [-0.2, -0.15) is 21.3 Å². The van der Waals surface area contributed by atoms with Gasteiger partial charge in [-0.25, -0.2) is 8.42 Å². The van der Waals surface area contributed by atoms with E-state index in [0.29, 0.717) is 23.9 Å². The summed E-state index contributed by atoms with van der Waals surface area (Å²) in [6.45, 7) is 3.09. The zero-order valence-electron chi connectivity index (χ0n) is 10.0. The molecular weight excluding hydrogens is 268 g/mol. The van der Waals surface area contributed by atoms with Crippen LogP contribution in [0.4, 0.5) is 0 Å². The van der Waals surface area contributed by atoms with Gasteiger partial charge in [-0.1, -0.05) is 13.0 Å². The largest absolute Gasteiger partial charge is 0.243 e. The van der Waals surface area contributed by atoms with E-state index in [1.165, 1.54) is 10.4 Å². The van der Waals surface area contributed by atoms with Crippen LogP contribution >= 0.6 is 11.8 Å². The van der Waals surface area contributed by atoms with Crippen LogP contribution in [0.2, 0.25) is 0 Å². The van der Waals surface area contributed by atoms with Crippen molar-refractivity contribution in [2.24, 2.45) is 0 Å². The first-order valence-corrected chi connectivity index (χ1v) is 8.15. The first-order chi connectivity index (χ1) is 8.54. The maximum absolute atomic E-state index is 12.4. The Bertz CT molecular complexity index is 578. The minimum Gasteiger partial charge on any atom is -0.207 e. The van der Waals surface area contributed by atoms with Crippen LogP contribution in [0.3, 0.4) is 0 Å². The second-order valence-corrected chi connectivity index (χ2v) is 7.67. The zero-order valence-corrected chi connectivity index (χ0v) is 11.7. The molecule has 0 radical (unpaired) electrons. The molecule has 1 unspecified atom stereocenters. The van der Waals surface area contributed by atoms with Crippen molar-refractivity contribution < 1.29 is 8.42 Å². The predicted molar refractivity (Wildman–Crippen MR) is 71.8 cm³/mol. The zero-order chi connectivity index (χ0) is 13.2. The van der Waals surface area contributed by atoms with Crippen molar-refractivity contribution in [3.63, 3.8) is 0 Å². The minimum absolute atomic E-state index is 0.209. The van der Waals surface area contributed by atoms with Crippen molar-refractivity contribution in [1.82, 2.24) is 4.31 Å². The quantitative estimate of drug-likeness (QED) is 0.828. The van der Waals surface area contributed by atoms with Gasteiger partial charge in [0, 0.05) is 24.1 Å². The van der Waals surface area contributed by atoms with E-state index in [1.807, 2.05) is 13.0 Å². The Hall–Kier alpha value is -1.03. The average molecular weight is 282 g/mol. The fourth-order valence-electron chi connectivity index (χ4n) is 1.88. The van der Waals surface area contributed by atoms with Crippen molar-refractivity contribution >= 4 is 21.8 Å². The van der Waals surface area contributed by atoms with Gasteiger partial charge in [0.05, 0.1) is 16.5 Å². The van der Waals surface area contributed by atoms with E-state index in [9.17, 15) is 8.42 Å². The average Bonchev–Trinajstić information content (AvgIpc) is 2.39. The second-order valence-electron chi connectivity index (χ2n) is 4.18. The fourth-order valence-corrected chi connectivity index (χ4v) is 4.68. The van der Waals surface area contributed by atoms with Crippen LogP contribution in [0.5, 0.6) is 0 Å². The van der Waals surface area contributed by atoms with E-state index < -0.39 is 10.0 Å². The van der Waals surface area contributed by atoms with Crippen molar-refractivity contribution in [2.75, 3.05) is 18.8 Å². The lowest BCUT2D eigenvalue weighted by atomic mass is 10.2. The Balaban J connectivity index is 2.33. The molecule has 1 aromatic carbocycles. The first kappa shape index (κ1) is 13.4. The van der Waals surface area contributed by atoms with Gasteiger partial charge in [0.2, 0.25) is 10.0 Å². The normalized spacial score (nSPS) is 21.4. The lowest BCUT2D eigenvalue weighted by Crippen LogP contribution is -2.40. The van der Waals surface area contributed by atoms with Crippen LogP contribution in [0.25, 0.3) is 0 Å². The molecule has 0 N–H and O–H groups in total. The third kappa shape index (κ3) is 2.69. The Labute approximate surface area is 112 Å². The van der Waals surface area contributed by atoms with E-state index in [2.05, 4.69) is 0 Å². The molecule has 2 rings (SSSR count). The van der Waals surface area contributed by atoms with Gasteiger partial charge in [0.1, 0.15) is 0 Å². The van der Waals surface area contributed by atoms with Crippen LogP contribution in [-0.2, 0) is 10.0 Å². The maximum atomic E-state index is 12.4. The molecule has 1 aromatic rings. The molecule has 0 aliphatic carbocycles. The summed E-state index contributed by atoms with van der Waals surface area (Å²) >= 11 is 1.78. The van der Waals surface area contributed by atoms with E-state index >= 15 is 0 Å². The maximum Gasteiger partial charge on any atom is 0.243 e. The summed E-state index contributed by atoms with van der Waals surface area (Å²) in [5.41, 5.74) is 0.371. The predicted octanol–water partition coefficient (Wildman–Crippen LogP) is 1.68. The number of hydrogen-bond acceptors (Lipinski definition) is 4. The molecule has 1 fully saturated rings. The SMILES string of the molecule is CC1CN(S(=O)(=O)c2cccc(C#N)c2)CCS1. The number of sulfonamides is 1.